The summed E-state index contributed by atoms with van der Waals surface area (Å²) in [6.45, 7) is 1.79. The predicted molar refractivity (Wildman–Crippen MR) is 115 cm³/mol. The molecule has 11 heteroatoms. The molecule has 1 aliphatic rings. The Balaban J connectivity index is 0.00000272. The molecule has 1 aliphatic heterocycles. The van der Waals surface area contributed by atoms with Gasteiger partial charge in [-0.05, 0) is 41.8 Å². The maximum Gasteiger partial charge on any atom is 0.351 e. The molecule has 3 aromatic rings. The summed E-state index contributed by atoms with van der Waals surface area (Å²) in [6, 6.07) is 7.35. The van der Waals surface area contributed by atoms with Crippen LogP contribution in [0.5, 0.6) is 5.75 Å². The van der Waals surface area contributed by atoms with Crippen LogP contribution in [0.3, 0.4) is 0 Å². The van der Waals surface area contributed by atoms with Crippen LogP contribution < -0.4 is 21.5 Å². The number of anilines is 1. The van der Waals surface area contributed by atoms with E-state index in [9.17, 15) is 14.0 Å². The van der Waals surface area contributed by atoms with E-state index in [1.807, 2.05) is 25.1 Å². The first-order valence-electron chi connectivity index (χ1n) is 9.17. The fraction of sp³-hybridized carbons (Fsp3) is 0.200. The monoisotopic (exact) mass is 446 g/mol. The van der Waals surface area contributed by atoms with E-state index in [2.05, 4.69) is 15.4 Å². The lowest BCUT2D eigenvalue weighted by Crippen LogP contribution is -2.26. The second kappa shape index (κ2) is 9.11. The van der Waals surface area contributed by atoms with E-state index in [4.69, 9.17) is 10.5 Å². The Morgan fingerprint density at radius 3 is 2.84 bits per heavy atom. The number of rotatable bonds is 5. The quantitative estimate of drug-likeness (QED) is 0.618. The second-order valence-electron chi connectivity index (χ2n) is 6.82. The molecule has 1 amide bonds. The first-order chi connectivity index (χ1) is 14.5. The van der Waals surface area contributed by atoms with Crippen LogP contribution in [0.1, 0.15) is 5.56 Å². The SMILES string of the molecule is Cc1cc(-c2ccc3c(c2)NC(=O)CO3)cnc1-n1cnn(C/C(=C/F)CN)c1=O.Cl. The first kappa shape index (κ1) is 22.2. The van der Waals surface area contributed by atoms with Crippen molar-refractivity contribution in [1.82, 2.24) is 19.3 Å². The van der Waals surface area contributed by atoms with Crippen LogP contribution >= 0.6 is 12.4 Å². The molecule has 162 valence electrons. The van der Waals surface area contributed by atoms with Crippen LogP contribution in [0, 0.1) is 6.92 Å². The molecule has 0 radical (unpaired) electrons. The van der Waals surface area contributed by atoms with Gasteiger partial charge >= 0.3 is 5.69 Å². The van der Waals surface area contributed by atoms with E-state index in [1.54, 1.807) is 12.3 Å². The average Bonchev–Trinajstić information content (AvgIpc) is 3.11. The summed E-state index contributed by atoms with van der Waals surface area (Å²) in [5.74, 6) is 0.821. The van der Waals surface area contributed by atoms with Gasteiger partial charge in [-0.15, -0.1) is 12.4 Å². The number of ether oxygens (including phenoxy) is 1. The van der Waals surface area contributed by atoms with Gasteiger partial charge in [-0.1, -0.05) is 6.07 Å². The number of fused-ring (bicyclic) bond motifs is 1. The highest BCUT2D eigenvalue weighted by molar-refractivity contribution is 5.96. The number of aromatic nitrogens is 4. The minimum atomic E-state index is -0.445. The lowest BCUT2D eigenvalue weighted by atomic mass is 10.0. The highest BCUT2D eigenvalue weighted by atomic mass is 35.5. The van der Waals surface area contributed by atoms with Gasteiger partial charge < -0.3 is 15.8 Å². The van der Waals surface area contributed by atoms with E-state index >= 15 is 0 Å². The summed E-state index contributed by atoms with van der Waals surface area (Å²) < 4.78 is 20.6. The predicted octanol–water partition coefficient (Wildman–Crippen LogP) is 1.97. The smallest absolute Gasteiger partial charge is 0.351 e. The van der Waals surface area contributed by atoms with E-state index < -0.39 is 5.69 Å². The number of nitrogens with two attached hydrogens (primary N) is 1. The summed E-state index contributed by atoms with van der Waals surface area (Å²) in [5.41, 5.74) is 8.24. The Kier molecular flexibility index (Phi) is 6.52. The molecule has 0 atom stereocenters. The van der Waals surface area contributed by atoms with Gasteiger partial charge in [-0.2, -0.15) is 5.10 Å². The van der Waals surface area contributed by atoms with Crippen molar-refractivity contribution < 1.29 is 13.9 Å². The number of aryl methyl sites for hydroxylation is 1. The molecule has 2 aromatic heterocycles. The van der Waals surface area contributed by atoms with Crippen molar-refractivity contribution in [3.05, 3.63) is 64.7 Å². The van der Waals surface area contributed by atoms with Crippen molar-refractivity contribution in [2.24, 2.45) is 5.73 Å². The average molecular weight is 447 g/mol. The first-order valence-corrected chi connectivity index (χ1v) is 9.17. The lowest BCUT2D eigenvalue weighted by Gasteiger charge is -2.18. The zero-order chi connectivity index (χ0) is 21.3. The Labute approximate surface area is 182 Å². The number of benzene rings is 1. The van der Waals surface area contributed by atoms with E-state index in [0.717, 1.165) is 21.4 Å². The molecule has 31 heavy (non-hydrogen) atoms. The molecule has 0 aliphatic carbocycles. The Morgan fingerprint density at radius 2 is 2.13 bits per heavy atom. The van der Waals surface area contributed by atoms with Gasteiger partial charge in [0.1, 0.15) is 17.9 Å². The molecule has 1 aromatic carbocycles. The maximum absolute atomic E-state index is 12.8. The van der Waals surface area contributed by atoms with Crippen molar-refractivity contribution >= 4 is 24.0 Å². The maximum atomic E-state index is 12.8. The van der Waals surface area contributed by atoms with Gasteiger partial charge in [-0.3, -0.25) is 4.79 Å². The van der Waals surface area contributed by atoms with Crippen LogP contribution in [-0.2, 0) is 11.3 Å². The summed E-state index contributed by atoms with van der Waals surface area (Å²) >= 11 is 0. The molecular formula is C20H20ClFN6O3. The highest BCUT2D eigenvalue weighted by Gasteiger charge is 2.17. The summed E-state index contributed by atoms with van der Waals surface area (Å²) in [6.07, 6.45) is 3.36. The number of hydrogen-bond acceptors (Lipinski definition) is 6. The van der Waals surface area contributed by atoms with E-state index in [-0.39, 0.29) is 43.6 Å². The number of carbonyl (C=O) groups excluding carboxylic acids is 1. The molecule has 0 saturated heterocycles. The van der Waals surface area contributed by atoms with Crippen LogP contribution in [0.4, 0.5) is 10.1 Å². The van der Waals surface area contributed by atoms with E-state index in [0.29, 0.717) is 23.6 Å². The fourth-order valence-electron chi connectivity index (χ4n) is 3.17. The summed E-state index contributed by atoms with van der Waals surface area (Å²) in [5, 5.41) is 6.79. The van der Waals surface area contributed by atoms with Crippen LogP contribution in [0.15, 0.2) is 53.5 Å². The molecule has 3 N–H and O–H groups in total. The van der Waals surface area contributed by atoms with Gasteiger partial charge in [0.15, 0.2) is 6.61 Å². The summed E-state index contributed by atoms with van der Waals surface area (Å²) in [4.78, 5) is 28.6. The molecular weight excluding hydrogens is 427 g/mol. The minimum Gasteiger partial charge on any atom is -0.482 e. The molecule has 3 heterocycles. The molecule has 0 bridgehead atoms. The number of halogens is 2. The second-order valence-corrected chi connectivity index (χ2v) is 6.82. The Hall–Kier alpha value is -3.50. The number of hydrogen-bond donors (Lipinski definition) is 2. The third-order valence-electron chi connectivity index (χ3n) is 4.73. The van der Waals surface area contributed by atoms with Crippen molar-refractivity contribution in [3.63, 3.8) is 0 Å². The highest BCUT2D eigenvalue weighted by Crippen LogP contribution is 2.33. The standard InChI is InChI=1S/C20H19FN6O3.ClH/c1-12-4-15(14-2-3-17-16(5-14)25-18(28)10-30-17)8-23-19(12)26-11-24-27(20(26)29)9-13(6-21)7-22;/h2-6,8,11H,7,9-10,22H2,1H3,(H,25,28);1H/b13-6+;. The van der Waals surface area contributed by atoms with Gasteiger partial charge in [0.2, 0.25) is 0 Å². The number of nitrogens with zero attached hydrogens (tertiary/aromatic N) is 4. The molecule has 0 spiro atoms. The topological polar surface area (TPSA) is 117 Å². The Morgan fingerprint density at radius 1 is 1.32 bits per heavy atom. The van der Waals surface area contributed by atoms with Gasteiger partial charge in [0.05, 0.1) is 18.6 Å². The van der Waals surface area contributed by atoms with Crippen molar-refractivity contribution in [3.8, 4) is 22.7 Å². The van der Waals surface area contributed by atoms with Crippen molar-refractivity contribution in [2.75, 3.05) is 18.5 Å². The lowest BCUT2D eigenvalue weighted by molar-refractivity contribution is -0.118. The number of carbonyl (C=O) groups is 1. The summed E-state index contributed by atoms with van der Waals surface area (Å²) in [7, 11) is 0. The molecule has 4 rings (SSSR count). The fourth-order valence-corrected chi connectivity index (χ4v) is 3.17. The van der Waals surface area contributed by atoms with Crippen LogP contribution in [-0.4, -0.2) is 38.4 Å². The normalized spacial score (nSPS) is 13.1. The third-order valence-corrected chi connectivity index (χ3v) is 4.73. The number of nitrogens with one attached hydrogen (secondary N) is 1. The number of amides is 1. The minimum absolute atomic E-state index is 0. The molecule has 0 unspecified atom stereocenters. The van der Waals surface area contributed by atoms with Crippen LogP contribution in [0.2, 0.25) is 0 Å². The van der Waals surface area contributed by atoms with Crippen LogP contribution in [0.25, 0.3) is 16.9 Å². The molecule has 0 saturated carbocycles. The van der Waals surface area contributed by atoms with Gasteiger partial charge in [0.25, 0.3) is 5.91 Å². The van der Waals surface area contributed by atoms with Crippen molar-refractivity contribution in [1.29, 1.82) is 0 Å². The van der Waals surface area contributed by atoms with Gasteiger partial charge in [0, 0.05) is 18.3 Å². The van der Waals surface area contributed by atoms with E-state index in [1.165, 1.54) is 10.9 Å². The molecule has 9 nitrogen and oxygen atoms in total. The number of pyridine rings is 1. The largest absolute Gasteiger partial charge is 0.482 e. The third kappa shape index (κ3) is 4.35. The Bertz CT molecular complexity index is 1220. The zero-order valence-corrected chi connectivity index (χ0v) is 17.4. The van der Waals surface area contributed by atoms with Crippen molar-refractivity contribution in [2.45, 2.75) is 13.5 Å². The molecule has 0 fully saturated rings. The zero-order valence-electron chi connectivity index (χ0n) is 16.5. The van der Waals surface area contributed by atoms with Gasteiger partial charge in [-0.25, -0.2) is 23.4 Å².